The van der Waals surface area contributed by atoms with Gasteiger partial charge >= 0.3 is 0 Å². The fraction of sp³-hybridized carbons (Fsp3) is 0.167. The van der Waals surface area contributed by atoms with Crippen LogP contribution < -0.4 is 0 Å². The summed E-state index contributed by atoms with van der Waals surface area (Å²) in [7, 11) is 0. The van der Waals surface area contributed by atoms with Crippen LogP contribution in [0.25, 0.3) is 11.1 Å². The van der Waals surface area contributed by atoms with Gasteiger partial charge < -0.3 is 0 Å². The first kappa shape index (κ1) is 13.3. The third-order valence-corrected chi connectivity index (χ3v) is 3.02. The molecule has 19 heavy (non-hydrogen) atoms. The van der Waals surface area contributed by atoms with Crippen molar-refractivity contribution < 1.29 is 0 Å². The highest BCUT2D eigenvalue weighted by atomic mass is 14.7. The van der Waals surface area contributed by atoms with Gasteiger partial charge in [0.1, 0.15) is 0 Å². The lowest BCUT2D eigenvalue weighted by atomic mass is 10.0. The topological polar surface area (TPSA) is 12.9 Å². The Hall–Kier alpha value is -2.15. The van der Waals surface area contributed by atoms with Crippen molar-refractivity contribution in [1.82, 2.24) is 4.98 Å². The molecule has 0 fully saturated rings. The van der Waals surface area contributed by atoms with E-state index in [1.807, 2.05) is 43.4 Å². The van der Waals surface area contributed by atoms with Crippen molar-refractivity contribution in [1.29, 1.82) is 0 Å². The van der Waals surface area contributed by atoms with E-state index in [0.717, 1.165) is 29.8 Å². The molecule has 0 unspecified atom stereocenters. The van der Waals surface area contributed by atoms with E-state index in [2.05, 4.69) is 30.9 Å². The summed E-state index contributed by atoms with van der Waals surface area (Å²) in [5.74, 6) is 0. The first-order chi connectivity index (χ1) is 9.31. The Kier molecular flexibility index (Phi) is 4.68. The van der Waals surface area contributed by atoms with Gasteiger partial charge in [-0.2, -0.15) is 0 Å². The molecule has 0 radical (unpaired) electrons. The van der Waals surface area contributed by atoms with Crippen LogP contribution in [0.4, 0.5) is 0 Å². The van der Waals surface area contributed by atoms with Crippen molar-refractivity contribution in [3.8, 4) is 0 Å². The summed E-state index contributed by atoms with van der Waals surface area (Å²) in [6.45, 7) is 6.06. The Morgan fingerprint density at radius 2 is 2.21 bits per heavy atom. The van der Waals surface area contributed by atoms with E-state index < -0.39 is 0 Å². The molecule has 1 aliphatic rings. The smallest absolute Gasteiger partial charge is 0.0703 e. The second-order valence-corrected chi connectivity index (χ2v) is 4.48. The lowest BCUT2D eigenvalue weighted by Gasteiger charge is -2.09. The first-order valence-corrected chi connectivity index (χ1v) is 6.63. The van der Waals surface area contributed by atoms with Gasteiger partial charge in [0, 0.05) is 0 Å². The second kappa shape index (κ2) is 6.69. The SMILES string of the molecule is C=C(/C=C\C=C/C)c1cccc(C2=CC=CCC2)n1. The predicted molar refractivity (Wildman–Crippen MR) is 83.6 cm³/mol. The van der Waals surface area contributed by atoms with Crippen LogP contribution in [0.1, 0.15) is 31.2 Å². The van der Waals surface area contributed by atoms with Gasteiger partial charge in [-0.1, -0.05) is 55.2 Å². The minimum Gasteiger partial charge on any atom is -0.248 e. The van der Waals surface area contributed by atoms with E-state index in [-0.39, 0.29) is 0 Å². The maximum absolute atomic E-state index is 4.70. The molecule has 1 aromatic rings. The van der Waals surface area contributed by atoms with E-state index in [1.165, 1.54) is 5.57 Å². The molecule has 0 amide bonds. The van der Waals surface area contributed by atoms with Crippen LogP contribution in [0, 0.1) is 0 Å². The Morgan fingerprint density at radius 3 is 2.95 bits per heavy atom. The summed E-state index contributed by atoms with van der Waals surface area (Å²) in [5, 5.41) is 0. The molecule has 0 spiro atoms. The van der Waals surface area contributed by atoms with Crippen molar-refractivity contribution in [2.45, 2.75) is 19.8 Å². The number of hydrogen-bond acceptors (Lipinski definition) is 1. The number of allylic oxidation sites excluding steroid dienone is 9. The summed E-state index contributed by atoms with van der Waals surface area (Å²) in [6.07, 6.45) is 16.6. The molecular formula is C18H19N. The standard InChI is InChI=1S/C18H19N/c1-3-4-6-10-15(2)17-13-9-14-18(19-17)16-11-7-5-8-12-16/h3-7,9-11,13-14H,2,8,12H2,1H3/b4-3-,10-6-. The van der Waals surface area contributed by atoms with Gasteiger partial charge in [0.2, 0.25) is 0 Å². The summed E-state index contributed by atoms with van der Waals surface area (Å²) >= 11 is 0. The number of hydrogen-bond donors (Lipinski definition) is 0. The molecular weight excluding hydrogens is 230 g/mol. The van der Waals surface area contributed by atoms with Gasteiger partial charge in [0.05, 0.1) is 11.4 Å². The van der Waals surface area contributed by atoms with E-state index in [4.69, 9.17) is 4.98 Å². The third-order valence-electron chi connectivity index (χ3n) is 3.02. The molecule has 2 rings (SSSR count). The molecule has 0 saturated carbocycles. The van der Waals surface area contributed by atoms with Crippen LogP contribution in [0.15, 0.2) is 67.3 Å². The van der Waals surface area contributed by atoms with Gasteiger partial charge in [-0.3, -0.25) is 0 Å². The van der Waals surface area contributed by atoms with Crippen LogP contribution in [0.3, 0.4) is 0 Å². The zero-order valence-corrected chi connectivity index (χ0v) is 11.3. The molecule has 0 N–H and O–H groups in total. The maximum atomic E-state index is 4.70. The van der Waals surface area contributed by atoms with Crippen molar-refractivity contribution >= 4 is 11.1 Å². The molecule has 0 bridgehead atoms. The quantitative estimate of drug-likeness (QED) is 0.687. The minimum absolute atomic E-state index is 0.937. The highest BCUT2D eigenvalue weighted by Gasteiger charge is 2.06. The molecule has 0 aromatic carbocycles. The van der Waals surface area contributed by atoms with Crippen LogP contribution in [-0.2, 0) is 0 Å². The fourth-order valence-electron chi connectivity index (χ4n) is 1.98. The molecule has 0 saturated heterocycles. The zero-order chi connectivity index (χ0) is 13.5. The average Bonchev–Trinajstić information content (AvgIpc) is 2.48. The van der Waals surface area contributed by atoms with Gasteiger partial charge in [-0.15, -0.1) is 0 Å². The van der Waals surface area contributed by atoms with E-state index in [1.54, 1.807) is 0 Å². The minimum atomic E-state index is 0.937. The largest absolute Gasteiger partial charge is 0.248 e. The van der Waals surface area contributed by atoms with E-state index in [0.29, 0.717) is 0 Å². The van der Waals surface area contributed by atoms with E-state index in [9.17, 15) is 0 Å². The highest BCUT2D eigenvalue weighted by Crippen LogP contribution is 2.23. The zero-order valence-electron chi connectivity index (χ0n) is 11.3. The first-order valence-electron chi connectivity index (χ1n) is 6.63. The third kappa shape index (κ3) is 3.65. The van der Waals surface area contributed by atoms with Gasteiger partial charge in [-0.05, 0) is 43.0 Å². The van der Waals surface area contributed by atoms with Crippen LogP contribution in [0.2, 0.25) is 0 Å². The Morgan fingerprint density at radius 1 is 1.32 bits per heavy atom. The molecule has 0 aliphatic heterocycles. The summed E-state index contributed by atoms with van der Waals surface area (Å²) in [5.41, 5.74) is 4.23. The number of rotatable bonds is 4. The predicted octanol–water partition coefficient (Wildman–Crippen LogP) is 4.96. The van der Waals surface area contributed by atoms with Crippen LogP contribution in [-0.4, -0.2) is 4.98 Å². The molecule has 1 aliphatic carbocycles. The highest BCUT2D eigenvalue weighted by molar-refractivity contribution is 5.72. The molecule has 0 atom stereocenters. The van der Waals surface area contributed by atoms with Crippen molar-refractivity contribution in [3.05, 3.63) is 78.7 Å². The maximum Gasteiger partial charge on any atom is 0.0703 e. The molecule has 1 heterocycles. The fourth-order valence-corrected chi connectivity index (χ4v) is 1.98. The number of aromatic nitrogens is 1. The monoisotopic (exact) mass is 249 g/mol. The molecule has 1 heteroatoms. The average molecular weight is 249 g/mol. The van der Waals surface area contributed by atoms with Crippen molar-refractivity contribution in [2.24, 2.45) is 0 Å². The van der Waals surface area contributed by atoms with Gasteiger partial charge in [0.15, 0.2) is 0 Å². The van der Waals surface area contributed by atoms with Crippen molar-refractivity contribution in [3.63, 3.8) is 0 Å². The molecule has 1 nitrogen and oxygen atoms in total. The Balaban J connectivity index is 2.22. The summed E-state index contributed by atoms with van der Waals surface area (Å²) < 4.78 is 0. The summed E-state index contributed by atoms with van der Waals surface area (Å²) in [4.78, 5) is 4.70. The van der Waals surface area contributed by atoms with Gasteiger partial charge in [0.25, 0.3) is 0 Å². The normalized spacial score (nSPS) is 15.1. The lowest BCUT2D eigenvalue weighted by Crippen LogP contribution is -1.95. The second-order valence-electron chi connectivity index (χ2n) is 4.48. The van der Waals surface area contributed by atoms with Crippen LogP contribution >= 0.6 is 0 Å². The van der Waals surface area contributed by atoms with E-state index >= 15 is 0 Å². The summed E-state index contributed by atoms with van der Waals surface area (Å²) in [6, 6.07) is 6.12. The Bertz CT molecular complexity index is 571. The number of pyridine rings is 1. The Labute approximate surface area is 115 Å². The van der Waals surface area contributed by atoms with Crippen molar-refractivity contribution in [2.75, 3.05) is 0 Å². The molecule has 1 aromatic heterocycles. The van der Waals surface area contributed by atoms with Gasteiger partial charge in [-0.25, -0.2) is 4.98 Å². The van der Waals surface area contributed by atoms with Crippen LogP contribution in [0.5, 0.6) is 0 Å². The number of nitrogens with zero attached hydrogens (tertiary/aromatic N) is 1. The molecule has 96 valence electrons. The lowest BCUT2D eigenvalue weighted by molar-refractivity contribution is 1.04.